The van der Waals surface area contributed by atoms with Crippen LogP contribution in [0, 0.1) is 11.3 Å². The average Bonchev–Trinajstić information content (AvgIpc) is 2.99. The van der Waals surface area contributed by atoms with Gasteiger partial charge in [-0.05, 0) is 18.2 Å². The molecule has 7 nitrogen and oxygen atoms in total. The first kappa shape index (κ1) is 15.5. The highest BCUT2D eigenvalue weighted by atomic mass is 16.5. The normalized spacial score (nSPS) is 10.7. The van der Waals surface area contributed by atoms with Crippen molar-refractivity contribution in [3.05, 3.63) is 60.3 Å². The maximum Gasteiger partial charge on any atom is 0.418 e. The third-order valence-corrected chi connectivity index (χ3v) is 4.02. The van der Waals surface area contributed by atoms with E-state index in [-0.39, 0.29) is 17.2 Å². The third kappa shape index (κ3) is 2.37. The second kappa shape index (κ2) is 5.79. The van der Waals surface area contributed by atoms with Crippen molar-refractivity contribution in [1.82, 2.24) is 9.55 Å². The quantitative estimate of drug-likeness (QED) is 0.566. The first-order chi connectivity index (χ1) is 12.6. The van der Waals surface area contributed by atoms with Gasteiger partial charge in [-0.25, -0.2) is 9.36 Å². The second-order valence-corrected chi connectivity index (χ2v) is 5.57. The van der Waals surface area contributed by atoms with Crippen molar-refractivity contribution >= 4 is 27.9 Å². The number of aromatic nitrogens is 2. The van der Waals surface area contributed by atoms with Crippen LogP contribution in [0.4, 0.5) is 4.79 Å². The smallest absolute Gasteiger partial charge is 0.418 e. The standard InChI is InChI=1S/C19H11N3O4/c20-10-12-7-13-14(9-16(12)23)21-6-5-17(13)26-18-8-11-3-1-2-4-15(11)22(18)19(24)25/h1-9,23H,(H,24,25). The molecule has 26 heavy (non-hydrogen) atoms. The monoisotopic (exact) mass is 345 g/mol. The summed E-state index contributed by atoms with van der Waals surface area (Å²) in [6.45, 7) is 0. The highest BCUT2D eigenvalue weighted by molar-refractivity contribution is 5.92. The Bertz CT molecular complexity index is 1220. The number of benzene rings is 2. The van der Waals surface area contributed by atoms with E-state index in [4.69, 9.17) is 10.00 Å². The van der Waals surface area contributed by atoms with Gasteiger partial charge in [0.1, 0.15) is 17.6 Å². The second-order valence-electron chi connectivity index (χ2n) is 5.57. The summed E-state index contributed by atoms with van der Waals surface area (Å²) in [5.74, 6) is 0.277. The summed E-state index contributed by atoms with van der Waals surface area (Å²) in [6.07, 6.45) is 0.312. The molecule has 0 bridgehead atoms. The molecule has 126 valence electrons. The number of phenols is 1. The van der Waals surface area contributed by atoms with Crippen LogP contribution >= 0.6 is 0 Å². The van der Waals surface area contributed by atoms with Gasteiger partial charge in [0.15, 0.2) is 0 Å². The minimum atomic E-state index is -1.17. The van der Waals surface area contributed by atoms with Crippen LogP contribution < -0.4 is 4.74 Å². The highest BCUT2D eigenvalue weighted by Gasteiger charge is 2.17. The maximum absolute atomic E-state index is 11.7. The van der Waals surface area contributed by atoms with Crippen molar-refractivity contribution in [2.45, 2.75) is 0 Å². The van der Waals surface area contributed by atoms with Gasteiger partial charge in [-0.15, -0.1) is 0 Å². The molecule has 0 aliphatic rings. The van der Waals surface area contributed by atoms with Crippen LogP contribution in [0.25, 0.3) is 21.8 Å². The number of ether oxygens (including phenoxy) is 1. The summed E-state index contributed by atoms with van der Waals surface area (Å²) in [5, 5.41) is 29.7. The van der Waals surface area contributed by atoms with Crippen LogP contribution in [-0.4, -0.2) is 25.9 Å². The summed E-state index contributed by atoms with van der Waals surface area (Å²) in [6, 6.07) is 15.0. The van der Waals surface area contributed by atoms with Crippen LogP contribution in [0.3, 0.4) is 0 Å². The Morgan fingerprint density at radius 3 is 2.77 bits per heavy atom. The Kier molecular flexibility index (Phi) is 3.45. The Labute approximate surface area is 146 Å². The summed E-state index contributed by atoms with van der Waals surface area (Å²) in [5.41, 5.74) is 1.01. The van der Waals surface area contributed by atoms with E-state index < -0.39 is 6.09 Å². The molecule has 0 aliphatic heterocycles. The highest BCUT2D eigenvalue weighted by Crippen LogP contribution is 2.34. The van der Waals surface area contributed by atoms with Crippen LogP contribution in [-0.2, 0) is 0 Å². The molecular weight excluding hydrogens is 334 g/mol. The van der Waals surface area contributed by atoms with Gasteiger partial charge < -0.3 is 14.9 Å². The fraction of sp³-hybridized carbons (Fsp3) is 0. The molecule has 0 unspecified atom stereocenters. The number of aromatic hydroxyl groups is 1. The number of pyridine rings is 1. The number of fused-ring (bicyclic) bond motifs is 2. The van der Waals surface area contributed by atoms with E-state index in [1.54, 1.807) is 30.3 Å². The number of carboxylic acid groups (broad SMARTS) is 1. The Morgan fingerprint density at radius 1 is 1.19 bits per heavy atom. The molecule has 2 aromatic carbocycles. The van der Waals surface area contributed by atoms with Crippen molar-refractivity contribution in [3.8, 4) is 23.4 Å². The number of hydrogen-bond acceptors (Lipinski definition) is 5. The Hall–Kier alpha value is -4.05. The number of nitrogens with zero attached hydrogens (tertiary/aromatic N) is 3. The molecule has 0 atom stereocenters. The first-order valence-electron chi connectivity index (χ1n) is 7.62. The molecule has 4 rings (SSSR count). The van der Waals surface area contributed by atoms with Crippen molar-refractivity contribution in [2.75, 3.05) is 0 Å². The largest absolute Gasteiger partial charge is 0.506 e. The fourth-order valence-corrected chi connectivity index (χ4v) is 2.85. The van der Waals surface area contributed by atoms with Crippen molar-refractivity contribution < 1.29 is 19.7 Å². The van der Waals surface area contributed by atoms with E-state index in [0.717, 1.165) is 9.95 Å². The molecule has 0 amide bonds. The maximum atomic E-state index is 11.7. The molecule has 0 saturated heterocycles. The van der Waals surface area contributed by atoms with Gasteiger partial charge in [-0.3, -0.25) is 4.98 Å². The molecule has 0 aliphatic carbocycles. The first-order valence-corrected chi connectivity index (χ1v) is 7.62. The number of hydrogen-bond donors (Lipinski definition) is 2. The summed E-state index contributed by atoms with van der Waals surface area (Å²) in [7, 11) is 0. The summed E-state index contributed by atoms with van der Waals surface area (Å²) >= 11 is 0. The van der Waals surface area contributed by atoms with Gasteiger partial charge in [0.25, 0.3) is 0 Å². The fourth-order valence-electron chi connectivity index (χ4n) is 2.85. The Balaban J connectivity index is 1.91. The predicted molar refractivity (Wildman–Crippen MR) is 93.6 cm³/mol. The molecule has 2 aromatic heterocycles. The van der Waals surface area contributed by atoms with Crippen LogP contribution in [0.5, 0.6) is 17.4 Å². The molecule has 4 aromatic rings. The van der Waals surface area contributed by atoms with Gasteiger partial charge in [0, 0.05) is 29.1 Å². The van der Waals surface area contributed by atoms with Crippen molar-refractivity contribution in [2.24, 2.45) is 0 Å². The molecule has 2 heterocycles. The molecule has 0 saturated carbocycles. The summed E-state index contributed by atoms with van der Waals surface area (Å²) in [4.78, 5) is 15.8. The summed E-state index contributed by atoms with van der Waals surface area (Å²) < 4.78 is 6.91. The van der Waals surface area contributed by atoms with Crippen LogP contribution in [0.2, 0.25) is 0 Å². The topological polar surface area (TPSA) is 108 Å². The van der Waals surface area contributed by atoms with Gasteiger partial charge in [-0.1, -0.05) is 18.2 Å². The minimum Gasteiger partial charge on any atom is -0.506 e. The number of phenolic OH excluding ortho intramolecular Hbond substituents is 1. The van der Waals surface area contributed by atoms with Gasteiger partial charge >= 0.3 is 6.09 Å². The van der Waals surface area contributed by atoms with Crippen molar-refractivity contribution in [3.63, 3.8) is 0 Å². The zero-order chi connectivity index (χ0) is 18.3. The van der Waals surface area contributed by atoms with E-state index in [9.17, 15) is 15.0 Å². The van der Waals surface area contributed by atoms with E-state index in [2.05, 4.69) is 4.98 Å². The molecule has 0 spiro atoms. The van der Waals surface area contributed by atoms with E-state index in [1.165, 1.54) is 18.3 Å². The number of para-hydroxylation sites is 1. The SMILES string of the molecule is N#Cc1cc2c(Oc3cc4ccccc4n3C(=O)O)ccnc2cc1O. The lowest BCUT2D eigenvalue weighted by Gasteiger charge is -2.10. The zero-order valence-corrected chi connectivity index (χ0v) is 13.2. The molecule has 2 N–H and O–H groups in total. The molecule has 0 fully saturated rings. The Morgan fingerprint density at radius 2 is 2.00 bits per heavy atom. The predicted octanol–water partition coefficient (Wildman–Crippen LogP) is 4.09. The van der Waals surface area contributed by atoms with E-state index in [0.29, 0.717) is 22.2 Å². The molecular formula is C19H11N3O4. The lowest BCUT2D eigenvalue weighted by Crippen LogP contribution is -2.08. The number of carbonyl (C=O) groups is 1. The van der Waals surface area contributed by atoms with E-state index in [1.807, 2.05) is 12.1 Å². The molecule has 7 heteroatoms. The minimum absolute atomic E-state index is 0.0779. The average molecular weight is 345 g/mol. The van der Waals surface area contributed by atoms with Crippen LogP contribution in [0.1, 0.15) is 5.56 Å². The lowest BCUT2D eigenvalue weighted by atomic mass is 10.1. The van der Waals surface area contributed by atoms with Crippen LogP contribution in [0.15, 0.2) is 54.7 Å². The number of nitriles is 1. The van der Waals surface area contributed by atoms with Gasteiger partial charge in [0.2, 0.25) is 5.88 Å². The molecule has 0 radical (unpaired) electrons. The van der Waals surface area contributed by atoms with Gasteiger partial charge in [0.05, 0.1) is 16.6 Å². The lowest BCUT2D eigenvalue weighted by molar-refractivity contribution is 0.195. The number of rotatable bonds is 2. The van der Waals surface area contributed by atoms with Crippen molar-refractivity contribution in [1.29, 1.82) is 5.26 Å². The third-order valence-electron chi connectivity index (χ3n) is 4.02. The zero-order valence-electron chi connectivity index (χ0n) is 13.2. The van der Waals surface area contributed by atoms with E-state index >= 15 is 0 Å². The van der Waals surface area contributed by atoms with Gasteiger partial charge in [-0.2, -0.15) is 5.26 Å².